The van der Waals surface area contributed by atoms with Crippen LogP contribution in [0.3, 0.4) is 0 Å². The number of nitrogens with one attached hydrogen (secondary N) is 1. The first-order valence-electron chi connectivity index (χ1n) is 7.95. The summed E-state index contributed by atoms with van der Waals surface area (Å²) in [6, 6.07) is 2.12. The Morgan fingerprint density at radius 2 is 1.84 bits per heavy atom. The van der Waals surface area contributed by atoms with Crippen molar-refractivity contribution in [1.29, 1.82) is 0 Å². The van der Waals surface area contributed by atoms with Crippen LogP contribution in [0, 0.1) is 0 Å². The zero-order valence-electron chi connectivity index (χ0n) is 12.4. The van der Waals surface area contributed by atoms with Gasteiger partial charge in [-0.2, -0.15) is 0 Å². The van der Waals surface area contributed by atoms with Gasteiger partial charge in [0.15, 0.2) is 0 Å². The van der Waals surface area contributed by atoms with Gasteiger partial charge in [-0.25, -0.2) is 9.97 Å². The van der Waals surface area contributed by atoms with Crippen LogP contribution in [0.25, 0.3) is 0 Å². The second-order valence-electron chi connectivity index (χ2n) is 5.57. The van der Waals surface area contributed by atoms with Gasteiger partial charge in [-0.05, 0) is 26.2 Å². The van der Waals surface area contributed by atoms with Gasteiger partial charge < -0.3 is 5.32 Å². The quantitative estimate of drug-likeness (QED) is 0.803. The maximum Gasteiger partial charge on any atom is 0.134 e. The van der Waals surface area contributed by atoms with Crippen molar-refractivity contribution < 1.29 is 0 Å². The minimum absolute atomic E-state index is 0.580. The Labute approximate surface area is 117 Å². The van der Waals surface area contributed by atoms with Gasteiger partial charge in [0, 0.05) is 24.2 Å². The molecule has 1 fully saturated rings. The molecule has 19 heavy (non-hydrogen) atoms. The number of aromatic nitrogens is 2. The van der Waals surface area contributed by atoms with E-state index >= 15 is 0 Å². The van der Waals surface area contributed by atoms with E-state index in [-0.39, 0.29) is 0 Å². The Bertz CT molecular complexity index is 357. The Morgan fingerprint density at radius 3 is 2.47 bits per heavy atom. The lowest BCUT2D eigenvalue weighted by molar-refractivity contribution is 0.557. The molecule has 0 aromatic carbocycles. The fourth-order valence-electron chi connectivity index (χ4n) is 2.89. The SMILES string of the molecule is CCCc1cc(NCC)nc(C2CCCCCC2)n1. The monoisotopic (exact) mass is 261 g/mol. The van der Waals surface area contributed by atoms with E-state index in [1.54, 1.807) is 0 Å². The summed E-state index contributed by atoms with van der Waals surface area (Å²) >= 11 is 0. The first-order valence-corrected chi connectivity index (χ1v) is 7.95. The Balaban J connectivity index is 2.20. The maximum atomic E-state index is 4.82. The van der Waals surface area contributed by atoms with Crippen molar-refractivity contribution in [2.75, 3.05) is 11.9 Å². The summed E-state index contributed by atoms with van der Waals surface area (Å²) in [4.78, 5) is 9.57. The summed E-state index contributed by atoms with van der Waals surface area (Å²) in [6.45, 7) is 5.25. The molecule has 0 bridgehead atoms. The summed E-state index contributed by atoms with van der Waals surface area (Å²) < 4.78 is 0. The zero-order chi connectivity index (χ0) is 13.5. The van der Waals surface area contributed by atoms with Crippen molar-refractivity contribution in [3.8, 4) is 0 Å². The number of hydrogen-bond donors (Lipinski definition) is 1. The van der Waals surface area contributed by atoms with Crippen LogP contribution in [0.5, 0.6) is 0 Å². The first kappa shape index (κ1) is 14.3. The van der Waals surface area contributed by atoms with Gasteiger partial charge in [-0.3, -0.25) is 0 Å². The lowest BCUT2D eigenvalue weighted by Crippen LogP contribution is -2.10. The number of nitrogens with zero attached hydrogens (tertiary/aromatic N) is 2. The standard InChI is InChI=1S/C16H27N3/c1-3-9-14-12-15(17-4-2)19-16(18-14)13-10-7-5-6-8-11-13/h12-13H,3-11H2,1-2H3,(H,17,18,19). The molecule has 3 heteroatoms. The smallest absolute Gasteiger partial charge is 0.134 e. The molecule has 0 atom stereocenters. The van der Waals surface area contributed by atoms with Crippen LogP contribution in [0.15, 0.2) is 6.07 Å². The van der Waals surface area contributed by atoms with E-state index in [4.69, 9.17) is 9.97 Å². The fraction of sp³-hybridized carbons (Fsp3) is 0.750. The van der Waals surface area contributed by atoms with Crippen molar-refractivity contribution in [2.24, 2.45) is 0 Å². The van der Waals surface area contributed by atoms with Crippen LogP contribution in [0.4, 0.5) is 5.82 Å². The van der Waals surface area contributed by atoms with E-state index in [1.165, 1.54) is 44.2 Å². The van der Waals surface area contributed by atoms with Crippen molar-refractivity contribution in [3.63, 3.8) is 0 Å². The molecule has 1 aromatic rings. The molecule has 106 valence electrons. The minimum Gasteiger partial charge on any atom is -0.370 e. The molecular weight excluding hydrogens is 234 g/mol. The van der Waals surface area contributed by atoms with E-state index in [2.05, 4.69) is 25.2 Å². The number of anilines is 1. The molecule has 1 heterocycles. The Kier molecular flexibility index (Phi) is 5.62. The second-order valence-corrected chi connectivity index (χ2v) is 5.57. The van der Waals surface area contributed by atoms with E-state index < -0.39 is 0 Å². The van der Waals surface area contributed by atoms with Crippen LogP contribution < -0.4 is 5.32 Å². The largest absolute Gasteiger partial charge is 0.370 e. The summed E-state index contributed by atoms with van der Waals surface area (Å²) in [7, 11) is 0. The molecule has 1 N–H and O–H groups in total. The molecule has 1 saturated carbocycles. The number of hydrogen-bond acceptors (Lipinski definition) is 3. The van der Waals surface area contributed by atoms with Crippen molar-refractivity contribution >= 4 is 5.82 Å². The van der Waals surface area contributed by atoms with E-state index in [9.17, 15) is 0 Å². The zero-order valence-corrected chi connectivity index (χ0v) is 12.4. The fourth-order valence-corrected chi connectivity index (χ4v) is 2.89. The second kappa shape index (κ2) is 7.46. The van der Waals surface area contributed by atoms with Gasteiger partial charge in [0.2, 0.25) is 0 Å². The Morgan fingerprint density at radius 1 is 1.11 bits per heavy atom. The van der Waals surface area contributed by atoms with E-state index in [1.807, 2.05) is 0 Å². The third-order valence-corrected chi connectivity index (χ3v) is 3.88. The third-order valence-electron chi connectivity index (χ3n) is 3.88. The van der Waals surface area contributed by atoms with Gasteiger partial charge in [0.25, 0.3) is 0 Å². The highest BCUT2D eigenvalue weighted by atomic mass is 15.0. The Hall–Kier alpha value is -1.12. The average molecular weight is 261 g/mol. The summed E-state index contributed by atoms with van der Waals surface area (Å²) in [5, 5.41) is 3.35. The molecule has 0 spiro atoms. The summed E-state index contributed by atoms with van der Waals surface area (Å²) in [5.74, 6) is 2.68. The maximum absolute atomic E-state index is 4.82. The average Bonchev–Trinajstić information content (AvgIpc) is 2.68. The topological polar surface area (TPSA) is 37.8 Å². The molecule has 0 radical (unpaired) electrons. The predicted molar refractivity (Wildman–Crippen MR) is 80.6 cm³/mol. The molecule has 0 amide bonds. The summed E-state index contributed by atoms with van der Waals surface area (Å²) in [5.41, 5.74) is 1.20. The van der Waals surface area contributed by atoms with E-state index in [0.29, 0.717) is 5.92 Å². The molecule has 1 aliphatic rings. The van der Waals surface area contributed by atoms with Gasteiger partial charge in [-0.15, -0.1) is 0 Å². The molecule has 1 aromatic heterocycles. The minimum atomic E-state index is 0.580. The van der Waals surface area contributed by atoms with Crippen LogP contribution in [0.1, 0.15) is 76.2 Å². The van der Waals surface area contributed by atoms with Gasteiger partial charge >= 0.3 is 0 Å². The lowest BCUT2D eigenvalue weighted by Gasteiger charge is -2.15. The molecular formula is C16H27N3. The van der Waals surface area contributed by atoms with Gasteiger partial charge in [-0.1, -0.05) is 39.0 Å². The van der Waals surface area contributed by atoms with Gasteiger partial charge in [0.1, 0.15) is 11.6 Å². The summed E-state index contributed by atoms with van der Waals surface area (Å²) in [6.07, 6.45) is 10.2. The van der Waals surface area contributed by atoms with E-state index in [0.717, 1.165) is 31.0 Å². The normalized spacial score (nSPS) is 17.2. The number of aryl methyl sites for hydroxylation is 1. The molecule has 0 aliphatic heterocycles. The van der Waals surface area contributed by atoms with Crippen molar-refractivity contribution in [1.82, 2.24) is 9.97 Å². The highest BCUT2D eigenvalue weighted by Crippen LogP contribution is 2.30. The molecule has 2 rings (SSSR count). The van der Waals surface area contributed by atoms with Crippen LogP contribution >= 0.6 is 0 Å². The highest BCUT2D eigenvalue weighted by Gasteiger charge is 2.18. The number of rotatable bonds is 5. The molecule has 1 aliphatic carbocycles. The first-order chi connectivity index (χ1) is 9.33. The predicted octanol–water partition coefficient (Wildman–Crippen LogP) is 4.30. The highest BCUT2D eigenvalue weighted by molar-refractivity contribution is 5.36. The van der Waals surface area contributed by atoms with Crippen molar-refractivity contribution in [3.05, 3.63) is 17.6 Å². The molecule has 0 unspecified atom stereocenters. The van der Waals surface area contributed by atoms with Crippen LogP contribution in [-0.4, -0.2) is 16.5 Å². The molecule has 0 saturated heterocycles. The van der Waals surface area contributed by atoms with Gasteiger partial charge in [0.05, 0.1) is 0 Å². The third kappa shape index (κ3) is 4.19. The van der Waals surface area contributed by atoms with Crippen molar-refractivity contribution in [2.45, 2.75) is 71.1 Å². The van der Waals surface area contributed by atoms with Crippen LogP contribution in [-0.2, 0) is 6.42 Å². The lowest BCUT2D eigenvalue weighted by atomic mass is 9.99. The van der Waals surface area contributed by atoms with Crippen LogP contribution in [0.2, 0.25) is 0 Å². The molecule has 3 nitrogen and oxygen atoms in total.